The SMILES string of the molecule is COc1ccc(N2CC=C[C@]34O[C@@H]5/C=C\CCC(=O)NC[C@@H](C)OC(=O)[C@@H]5[C@H]3C(=O)N([C@@H](CO)Cc3ccccc3)[C@@H]4C2=O)cc1. The summed E-state index contributed by atoms with van der Waals surface area (Å²) in [6.45, 7) is 1.60. The number of allylic oxidation sites excluding steroid dienone is 1. The summed E-state index contributed by atoms with van der Waals surface area (Å²) in [5.41, 5.74) is -0.0378. The fourth-order valence-corrected chi connectivity index (χ4v) is 7.13. The van der Waals surface area contributed by atoms with E-state index in [1.807, 2.05) is 30.3 Å². The summed E-state index contributed by atoms with van der Waals surface area (Å²) >= 11 is 0. The number of fused-ring (bicyclic) bond motifs is 2. The van der Waals surface area contributed by atoms with Crippen molar-refractivity contribution in [1.29, 1.82) is 0 Å². The smallest absolute Gasteiger partial charge is 0.313 e. The Labute approximate surface area is 267 Å². The molecule has 3 amide bonds. The molecule has 11 heteroatoms. The summed E-state index contributed by atoms with van der Waals surface area (Å²) < 4.78 is 17.8. The van der Waals surface area contributed by atoms with Crippen LogP contribution in [0.15, 0.2) is 78.9 Å². The van der Waals surface area contributed by atoms with Gasteiger partial charge in [0.15, 0.2) is 0 Å². The number of cyclic esters (lactones) is 1. The van der Waals surface area contributed by atoms with Crippen LogP contribution in [0.1, 0.15) is 25.3 Å². The van der Waals surface area contributed by atoms with Gasteiger partial charge in [0.1, 0.15) is 29.4 Å². The fraction of sp³-hybridized carbons (Fsp3) is 0.429. The molecule has 0 bridgehead atoms. The van der Waals surface area contributed by atoms with Crippen LogP contribution >= 0.6 is 0 Å². The number of aliphatic hydroxyl groups excluding tert-OH is 1. The van der Waals surface area contributed by atoms with Gasteiger partial charge in [0.05, 0.1) is 38.3 Å². The number of benzene rings is 2. The molecule has 7 atom stereocenters. The highest BCUT2D eigenvalue weighted by molar-refractivity contribution is 6.05. The Morgan fingerprint density at radius 1 is 1.04 bits per heavy atom. The molecule has 0 aromatic heterocycles. The van der Waals surface area contributed by atoms with Crippen molar-refractivity contribution in [2.45, 2.75) is 56.1 Å². The van der Waals surface area contributed by atoms with E-state index in [4.69, 9.17) is 14.2 Å². The first kappa shape index (κ1) is 31.5. The topological polar surface area (TPSA) is 135 Å². The van der Waals surface area contributed by atoms with Crippen molar-refractivity contribution in [3.63, 3.8) is 0 Å². The number of rotatable bonds is 6. The number of hydrogen-bond donors (Lipinski definition) is 2. The van der Waals surface area contributed by atoms with Crippen LogP contribution in [0.2, 0.25) is 0 Å². The summed E-state index contributed by atoms with van der Waals surface area (Å²) in [6, 6.07) is 14.5. The maximum Gasteiger partial charge on any atom is 0.313 e. The average Bonchev–Trinajstić information content (AvgIpc) is 3.45. The standard InChI is InChI=1S/C35H39N3O8/c1-22-20-36-28(40)12-7-6-11-27-29(34(43)45-22)30-32(41)38(25(21-39)19-23-9-4-3-5-10-23)31-33(42)37(18-8-17-35(30,31)46-27)24-13-15-26(44-2)16-14-24/h3-6,8-11,13-17,22,25,27,29-31,39H,7,12,18-21H2,1-2H3,(H,36,40)/b11-6-/t22-,25-,27-,29+,30+,31-,35+/m1/s1. The molecule has 2 aromatic rings. The van der Waals surface area contributed by atoms with E-state index in [1.165, 1.54) is 4.90 Å². The summed E-state index contributed by atoms with van der Waals surface area (Å²) in [7, 11) is 1.56. The van der Waals surface area contributed by atoms with E-state index in [-0.39, 0.29) is 31.8 Å². The highest BCUT2D eigenvalue weighted by Crippen LogP contribution is 2.54. The molecule has 0 aliphatic carbocycles. The summed E-state index contributed by atoms with van der Waals surface area (Å²) in [4.78, 5) is 58.7. The predicted octanol–water partition coefficient (Wildman–Crippen LogP) is 2.18. The van der Waals surface area contributed by atoms with E-state index in [0.29, 0.717) is 17.9 Å². The molecule has 46 heavy (non-hydrogen) atoms. The second-order valence-electron chi connectivity index (χ2n) is 12.2. The van der Waals surface area contributed by atoms with Crippen molar-refractivity contribution in [2.24, 2.45) is 11.8 Å². The summed E-state index contributed by atoms with van der Waals surface area (Å²) in [5, 5.41) is 13.5. The van der Waals surface area contributed by atoms with Crippen LogP contribution in [0, 0.1) is 11.8 Å². The number of aliphatic hydroxyl groups is 1. The Kier molecular flexibility index (Phi) is 8.97. The van der Waals surface area contributed by atoms with Crippen LogP contribution in [0.3, 0.4) is 0 Å². The molecule has 2 saturated heterocycles. The number of anilines is 1. The molecule has 4 aliphatic rings. The van der Waals surface area contributed by atoms with Gasteiger partial charge in [0.2, 0.25) is 11.8 Å². The molecule has 242 valence electrons. The van der Waals surface area contributed by atoms with Crippen LogP contribution in [-0.2, 0) is 35.1 Å². The summed E-state index contributed by atoms with van der Waals surface area (Å²) in [5.74, 6) is -3.18. The first-order valence-corrected chi connectivity index (χ1v) is 15.7. The zero-order valence-corrected chi connectivity index (χ0v) is 25.9. The van der Waals surface area contributed by atoms with E-state index in [1.54, 1.807) is 67.5 Å². The van der Waals surface area contributed by atoms with Crippen molar-refractivity contribution in [3.05, 3.63) is 84.5 Å². The lowest BCUT2D eigenvalue weighted by atomic mass is 9.78. The van der Waals surface area contributed by atoms with E-state index in [2.05, 4.69) is 5.32 Å². The molecule has 4 heterocycles. The molecule has 2 fully saturated rings. The lowest BCUT2D eigenvalue weighted by molar-refractivity contribution is -0.159. The van der Waals surface area contributed by atoms with Crippen molar-refractivity contribution >= 4 is 29.4 Å². The normalized spacial score (nSPS) is 31.0. The number of esters is 1. The van der Waals surface area contributed by atoms with E-state index in [9.17, 15) is 24.3 Å². The molecule has 2 aromatic carbocycles. The number of hydrogen-bond acceptors (Lipinski definition) is 8. The van der Waals surface area contributed by atoms with Crippen molar-refractivity contribution in [2.75, 3.05) is 31.7 Å². The van der Waals surface area contributed by atoms with Crippen molar-refractivity contribution in [1.82, 2.24) is 10.2 Å². The molecule has 0 saturated carbocycles. The van der Waals surface area contributed by atoms with Crippen LogP contribution in [0.5, 0.6) is 5.75 Å². The summed E-state index contributed by atoms with van der Waals surface area (Å²) in [6.07, 6.45) is 6.42. The number of ether oxygens (including phenoxy) is 3. The maximum atomic E-state index is 14.8. The van der Waals surface area contributed by atoms with Gasteiger partial charge in [-0.3, -0.25) is 19.2 Å². The van der Waals surface area contributed by atoms with Crippen LogP contribution in [0.25, 0.3) is 0 Å². The van der Waals surface area contributed by atoms with Crippen LogP contribution in [0.4, 0.5) is 5.69 Å². The molecule has 4 aliphatic heterocycles. The predicted molar refractivity (Wildman–Crippen MR) is 168 cm³/mol. The van der Waals surface area contributed by atoms with E-state index >= 15 is 0 Å². The molecular weight excluding hydrogens is 590 g/mol. The zero-order valence-electron chi connectivity index (χ0n) is 25.9. The number of carbonyl (C=O) groups excluding carboxylic acids is 4. The molecule has 2 N–H and O–H groups in total. The Hall–Kier alpha value is -4.48. The quantitative estimate of drug-likeness (QED) is 0.367. The molecular formula is C35H39N3O8. The first-order valence-electron chi connectivity index (χ1n) is 15.7. The molecule has 0 radical (unpaired) electrons. The van der Waals surface area contributed by atoms with Crippen LogP contribution < -0.4 is 15.0 Å². The number of carbonyl (C=O) groups is 4. The van der Waals surface area contributed by atoms with Gasteiger partial charge in [-0.25, -0.2) is 0 Å². The number of likely N-dealkylation sites (tertiary alicyclic amines) is 1. The number of nitrogens with zero attached hydrogens (tertiary/aromatic N) is 2. The lowest BCUT2D eigenvalue weighted by Gasteiger charge is -2.38. The molecule has 6 rings (SSSR count). The van der Waals surface area contributed by atoms with Gasteiger partial charge in [-0.1, -0.05) is 54.6 Å². The Balaban J connectivity index is 1.45. The fourth-order valence-electron chi connectivity index (χ4n) is 7.13. The highest BCUT2D eigenvalue weighted by atomic mass is 16.6. The minimum atomic E-state index is -1.52. The Morgan fingerprint density at radius 2 is 1.80 bits per heavy atom. The van der Waals surface area contributed by atoms with E-state index in [0.717, 1.165) is 5.56 Å². The van der Waals surface area contributed by atoms with Gasteiger partial charge < -0.3 is 34.4 Å². The molecule has 11 nitrogen and oxygen atoms in total. The maximum absolute atomic E-state index is 14.8. The number of nitrogens with one attached hydrogen (secondary N) is 1. The van der Waals surface area contributed by atoms with Gasteiger partial charge >= 0.3 is 5.97 Å². The number of methoxy groups -OCH3 is 1. The monoisotopic (exact) mass is 629 g/mol. The van der Waals surface area contributed by atoms with Crippen LogP contribution in [-0.4, -0.2) is 90.4 Å². The van der Waals surface area contributed by atoms with Gasteiger partial charge in [-0.2, -0.15) is 0 Å². The minimum absolute atomic E-state index is 0.129. The highest BCUT2D eigenvalue weighted by Gasteiger charge is 2.72. The first-order chi connectivity index (χ1) is 22.3. The van der Waals surface area contributed by atoms with Gasteiger partial charge in [-0.05, 0) is 49.6 Å². The van der Waals surface area contributed by atoms with Gasteiger partial charge in [0.25, 0.3) is 5.91 Å². The molecule has 1 spiro atoms. The Morgan fingerprint density at radius 3 is 2.52 bits per heavy atom. The number of amides is 3. The van der Waals surface area contributed by atoms with E-state index < -0.39 is 66.1 Å². The minimum Gasteiger partial charge on any atom is -0.497 e. The second kappa shape index (κ2) is 13.1. The molecule has 0 unspecified atom stereocenters. The zero-order chi connectivity index (χ0) is 32.4. The van der Waals surface area contributed by atoms with Gasteiger partial charge in [-0.15, -0.1) is 0 Å². The Bertz CT molecular complexity index is 1530. The second-order valence-corrected chi connectivity index (χ2v) is 12.2. The average molecular weight is 630 g/mol. The third-order valence-electron chi connectivity index (χ3n) is 9.27. The third-order valence-corrected chi connectivity index (χ3v) is 9.27. The largest absolute Gasteiger partial charge is 0.497 e. The lowest BCUT2D eigenvalue weighted by Crippen LogP contribution is -2.58. The van der Waals surface area contributed by atoms with Crippen molar-refractivity contribution in [3.8, 4) is 5.75 Å². The van der Waals surface area contributed by atoms with Gasteiger partial charge in [0, 0.05) is 18.7 Å². The van der Waals surface area contributed by atoms with Crippen molar-refractivity contribution < 1.29 is 38.5 Å². The third kappa shape index (κ3) is 5.69.